The highest BCUT2D eigenvalue weighted by atomic mass is 32.2. The standard InChI is InChI=1S/C11H15F3N2O2S/c1-19-10(7-15)2-4-16(5-3-10)9(17)6-18-8-11(12,13)14/h2-6,8H2,1H3. The number of rotatable bonds is 4. The summed E-state index contributed by atoms with van der Waals surface area (Å²) in [5.41, 5.74) is 0. The van der Waals surface area contributed by atoms with Gasteiger partial charge in [-0.1, -0.05) is 0 Å². The molecule has 108 valence electrons. The molecule has 0 aromatic heterocycles. The van der Waals surface area contributed by atoms with Crippen LogP contribution in [0, 0.1) is 11.3 Å². The van der Waals surface area contributed by atoms with Crippen molar-refractivity contribution in [3.8, 4) is 6.07 Å². The predicted octanol–water partition coefficient (Wildman–Crippen LogP) is 1.81. The Labute approximate surface area is 113 Å². The quantitative estimate of drug-likeness (QED) is 0.794. The second-order valence-electron chi connectivity index (χ2n) is 4.30. The van der Waals surface area contributed by atoms with Crippen LogP contribution in [0.2, 0.25) is 0 Å². The first-order valence-electron chi connectivity index (χ1n) is 5.70. The minimum absolute atomic E-state index is 0.378. The van der Waals surface area contributed by atoms with Crippen LogP contribution in [0.25, 0.3) is 0 Å². The number of carbonyl (C=O) groups is 1. The molecule has 1 heterocycles. The summed E-state index contributed by atoms with van der Waals surface area (Å²) in [4.78, 5) is 13.1. The van der Waals surface area contributed by atoms with Crippen LogP contribution in [0.3, 0.4) is 0 Å². The van der Waals surface area contributed by atoms with Gasteiger partial charge in [0.05, 0.1) is 6.07 Å². The molecule has 0 aromatic carbocycles. The number of amides is 1. The first kappa shape index (κ1) is 16.1. The molecule has 0 atom stereocenters. The van der Waals surface area contributed by atoms with Gasteiger partial charge < -0.3 is 9.64 Å². The number of nitriles is 1. The van der Waals surface area contributed by atoms with Crippen LogP contribution >= 0.6 is 11.8 Å². The number of halogens is 3. The van der Waals surface area contributed by atoms with Crippen molar-refractivity contribution in [1.82, 2.24) is 4.90 Å². The van der Waals surface area contributed by atoms with Gasteiger partial charge in [0.25, 0.3) is 0 Å². The highest BCUT2D eigenvalue weighted by molar-refractivity contribution is 8.00. The zero-order valence-electron chi connectivity index (χ0n) is 10.5. The van der Waals surface area contributed by atoms with E-state index in [9.17, 15) is 18.0 Å². The number of hydrogen-bond acceptors (Lipinski definition) is 4. The Hall–Kier alpha value is -0.940. The van der Waals surface area contributed by atoms with Crippen LogP contribution in [0.5, 0.6) is 0 Å². The Morgan fingerprint density at radius 2 is 2.05 bits per heavy atom. The van der Waals surface area contributed by atoms with Crippen molar-refractivity contribution in [2.24, 2.45) is 0 Å². The van der Waals surface area contributed by atoms with E-state index in [4.69, 9.17) is 5.26 Å². The molecule has 0 N–H and O–H groups in total. The number of carbonyl (C=O) groups excluding carboxylic acids is 1. The highest BCUT2D eigenvalue weighted by Crippen LogP contribution is 2.33. The van der Waals surface area contributed by atoms with Gasteiger partial charge in [-0.15, -0.1) is 11.8 Å². The summed E-state index contributed by atoms with van der Waals surface area (Å²) >= 11 is 1.45. The molecule has 0 aliphatic carbocycles. The molecule has 1 rings (SSSR count). The van der Waals surface area contributed by atoms with Crippen LogP contribution in [-0.2, 0) is 9.53 Å². The van der Waals surface area contributed by atoms with Gasteiger partial charge in [0, 0.05) is 13.1 Å². The number of likely N-dealkylation sites (tertiary alicyclic amines) is 1. The summed E-state index contributed by atoms with van der Waals surface area (Å²) in [5.74, 6) is -0.461. The lowest BCUT2D eigenvalue weighted by molar-refractivity contribution is -0.178. The first-order chi connectivity index (χ1) is 8.82. The lowest BCUT2D eigenvalue weighted by Crippen LogP contribution is -2.45. The van der Waals surface area contributed by atoms with E-state index in [-0.39, 0.29) is 0 Å². The average Bonchev–Trinajstić information content (AvgIpc) is 2.37. The van der Waals surface area contributed by atoms with Gasteiger partial charge in [0.2, 0.25) is 5.91 Å². The topological polar surface area (TPSA) is 53.3 Å². The number of thioether (sulfide) groups is 1. The third-order valence-corrected chi connectivity index (χ3v) is 4.29. The number of nitrogens with zero attached hydrogens (tertiary/aromatic N) is 2. The van der Waals surface area contributed by atoms with Crippen LogP contribution in [0.1, 0.15) is 12.8 Å². The molecule has 4 nitrogen and oxygen atoms in total. The van der Waals surface area contributed by atoms with Crippen LogP contribution in [0.4, 0.5) is 13.2 Å². The molecule has 0 spiro atoms. The first-order valence-corrected chi connectivity index (χ1v) is 6.93. The second kappa shape index (κ2) is 6.48. The molecule has 1 amide bonds. The van der Waals surface area contributed by atoms with E-state index in [2.05, 4.69) is 10.8 Å². The summed E-state index contributed by atoms with van der Waals surface area (Å²) in [5, 5.41) is 9.07. The van der Waals surface area contributed by atoms with Crippen molar-refractivity contribution in [1.29, 1.82) is 5.26 Å². The van der Waals surface area contributed by atoms with Gasteiger partial charge in [-0.2, -0.15) is 18.4 Å². The summed E-state index contributed by atoms with van der Waals surface area (Å²) in [6.07, 6.45) is -1.53. The zero-order chi connectivity index (χ0) is 14.5. The lowest BCUT2D eigenvalue weighted by Gasteiger charge is -2.36. The van der Waals surface area contributed by atoms with Crippen molar-refractivity contribution in [3.63, 3.8) is 0 Å². The van der Waals surface area contributed by atoms with Gasteiger partial charge in [-0.05, 0) is 19.1 Å². The minimum atomic E-state index is -4.42. The molecule has 0 bridgehead atoms. The van der Waals surface area contributed by atoms with Crippen molar-refractivity contribution >= 4 is 17.7 Å². The maximum Gasteiger partial charge on any atom is 0.411 e. The van der Waals surface area contributed by atoms with Crippen LogP contribution < -0.4 is 0 Å². The molecule has 0 radical (unpaired) electrons. The number of piperidine rings is 1. The van der Waals surface area contributed by atoms with E-state index in [0.29, 0.717) is 25.9 Å². The zero-order valence-corrected chi connectivity index (χ0v) is 11.3. The average molecular weight is 296 g/mol. The molecule has 1 saturated heterocycles. The molecular weight excluding hydrogens is 281 g/mol. The number of alkyl halides is 3. The Kier molecular flexibility index (Phi) is 5.50. The van der Waals surface area contributed by atoms with Crippen molar-refractivity contribution in [3.05, 3.63) is 0 Å². The fourth-order valence-corrected chi connectivity index (χ4v) is 2.51. The third-order valence-electron chi connectivity index (χ3n) is 3.01. The molecule has 1 aliphatic heterocycles. The Balaban J connectivity index is 2.35. The van der Waals surface area contributed by atoms with E-state index in [0.717, 1.165) is 0 Å². The fourth-order valence-electron chi connectivity index (χ4n) is 1.82. The van der Waals surface area contributed by atoms with Crippen molar-refractivity contribution in [2.45, 2.75) is 23.8 Å². The number of hydrogen-bond donors (Lipinski definition) is 0. The molecule has 0 saturated carbocycles. The fraction of sp³-hybridized carbons (Fsp3) is 0.818. The van der Waals surface area contributed by atoms with Gasteiger partial charge in [0.1, 0.15) is 18.0 Å². The largest absolute Gasteiger partial charge is 0.411 e. The Morgan fingerprint density at radius 3 is 2.47 bits per heavy atom. The smallest absolute Gasteiger partial charge is 0.362 e. The van der Waals surface area contributed by atoms with Crippen molar-refractivity contribution in [2.75, 3.05) is 32.6 Å². The Morgan fingerprint density at radius 1 is 1.47 bits per heavy atom. The van der Waals surface area contributed by atoms with Crippen LogP contribution in [-0.4, -0.2) is 54.3 Å². The van der Waals surface area contributed by atoms with E-state index < -0.39 is 30.0 Å². The maximum atomic E-state index is 11.9. The molecule has 1 fully saturated rings. The van der Waals surface area contributed by atoms with E-state index >= 15 is 0 Å². The van der Waals surface area contributed by atoms with Gasteiger partial charge in [-0.25, -0.2) is 0 Å². The normalized spacial score (nSPS) is 19.0. The lowest BCUT2D eigenvalue weighted by atomic mass is 9.97. The third kappa shape index (κ3) is 4.91. The summed E-state index contributed by atoms with van der Waals surface area (Å²) in [7, 11) is 0. The predicted molar refractivity (Wildman–Crippen MR) is 64.5 cm³/mol. The summed E-state index contributed by atoms with van der Waals surface area (Å²) < 4.78 is 39.4. The van der Waals surface area contributed by atoms with E-state index in [1.54, 1.807) is 0 Å². The summed E-state index contributed by atoms with van der Waals surface area (Å²) in [6, 6.07) is 2.23. The van der Waals surface area contributed by atoms with E-state index in [1.807, 2.05) is 6.26 Å². The van der Waals surface area contributed by atoms with E-state index in [1.165, 1.54) is 16.7 Å². The maximum absolute atomic E-state index is 11.9. The SMILES string of the molecule is CSC1(C#N)CCN(C(=O)COCC(F)(F)F)CC1. The van der Waals surface area contributed by atoms with Gasteiger partial charge in [-0.3, -0.25) is 4.79 Å². The van der Waals surface area contributed by atoms with Gasteiger partial charge in [0.15, 0.2) is 0 Å². The van der Waals surface area contributed by atoms with Crippen LogP contribution in [0.15, 0.2) is 0 Å². The van der Waals surface area contributed by atoms with Crippen molar-refractivity contribution < 1.29 is 22.7 Å². The summed E-state index contributed by atoms with van der Waals surface area (Å²) in [6.45, 7) is -1.23. The molecule has 19 heavy (non-hydrogen) atoms. The second-order valence-corrected chi connectivity index (χ2v) is 5.49. The minimum Gasteiger partial charge on any atom is -0.362 e. The molecule has 0 aromatic rings. The molecule has 0 unspecified atom stereocenters. The molecule has 1 aliphatic rings. The Bertz CT molecular complexity index is 360. The van der Waals surface area contributed by atoms with Gasteiger partial charge >= 0.3 is 6.18 Å². The highest BCUT2D eigenvalue weighted by Gasteiger charge is 2.35. The molecular formula is C11H15F3N2O2S. The molecule has 8 heteroatoms. The monoisotopic (exact) mass is 296 g/mol. The number of ether oxygens (including phenoxy) is 1.